The first-order valence-electron chi connectivity index (χ1n) is 9.71. The number of nitrogens with one attached hydrogen (secondary N) is 2. The molecule has 1 aromatic carbocycles. The third kappa shape index (κ3) is 4.12. The second kappa shape index (κ2) is 8.38. The average molecular weight is 507 g/mol. The molecule has 11 heteroatoms. The molecule has 2 N–H and O–H groups in total. The predicted octanol–water partition coefficient (Wildman–Crippen LogP) is 2.01. The summed E-state index contributed by atoms with van der Waals surface area (Å²) >= 11 is 3.10. The van der Waals surface area contributed by atoms with E-state index >= 15 is 0 Å². The maximum absolute atomic E-state index is 14.4. The largest absolute Gasteiger partial charge is 0.366 e. The summed E-state index contributed by atoms with van der Waals surface area (Å²) in [7, 11) is 0. The molecule has 1 aromatic heterocycles. The molecule has 4 amide bonds. The highest BCUT2D eigenvalue weighted by Gasteiger charge is 2.42. The number of hydrogen-bond donors (Lipinski definition) is 2. The molecule has 1 saturated heterocycles. The Kier molecular flexibility index (Phi) is 5.76. The van der Waals surface area contributed by atoms with Gasteiger partial charge in [-0.2, -0.15) is 8.78 Å². The Morgan fingerprint density at radius 3 is 2.72 bits per heavy atom. The second-order valence-electron chi connectivity index (χ2n) is 7.51. The smallest absolute Gasteiger partial charge is 0.346 e. The van der Waals surface area contributed by atoms with Crippen LogP contribution >= 0.6 is 15.9 Å². The molecule has 3 heterocycles. The van der Waals surface area contributed by atoms with Gasteiger partial charge in [-0.3, -0.25) is 29.5 Å². The lowest BCUT2D eigenvalue weighted by Gasteiger charge is -2.29. The second-order valence-corrected chi connectivity index (χ2v) is 8.43. The van der Waals surface area contributed by atoms with E-state index in [1.807, 2.05) is 0 Å². The fraction of sp³-hybridized carbons (Fsp3) is 0.286. The van der Waals surface area contributed by atoms with E-state index < -0.39 is 29.5 Å². The Hall–Kier alpha value is -3.21. The molecule has 0 aliphatic carbocycles. The van der Waals surface area contributed by atoms with Crippen molar-refractivity contribution < 1.29 is 28.0 Å². The minimum absolute atomic E-state index is 0.148. The minimum atomic E-state index is -3.81. The molecule has 32 heavy (non-hydrogen) atoms. The first-order valence-corrected chi connectivity index (χ1v) is 10.5. The van der Waals surface area contributed by atoms with Crippen molar-refractivity contribution in [3.8, 4) is 0 Å². The summed E-state index contributed by atoms with van der Waals surface area (Å²) in [5, 5.41) is 4.43. The highest BCUT2D eigenvalue weighted by atomic mass is 79.9. The van der Waals surface area contributed by atoms with E-state index in [9.17, 15) is 28.0 Å². The van der Waals surface area contributed by atoms with Crippen molar-refractivity contribution in [1.29, 1.82) is 0 Å². The van der Waals surface area contributed by atoms with Crippen LogP contribution in [0.15, 0.2) is 41.0 Å². The van der Waals surface area contributed by atoms with Crippen molar-refractivity contribution >= 4 is 39.6 Å². The number of carbonyl (C=O) groups excluding carboxylic acids is 4. The number of pyridine rings is 1. The van der Waals surface area contributed by atoms with Crippen LogP contribution in [-0.2, 0) is 33.4 Å². The van der Waals surface area contributed by atoms with Crippen LogP contribution < -0.4 is 10.6 Å². The highest BCUT2D eigenvalue weighted by Crippen LogP contribution is 2.29. The summed E-state index contributed by atoms with van der Waals surface area (Å²) in [4.78, 5) is 53.2. The van der Waals surface area contributed by atoms with Crippen LogP contribution in [0.2, 0.25) is 0 Å². The highest BCUT2D eigenvalue weighted by molar-refractivity contribution is 9.10. The fourth-order valence-electron chi connectivity index (χ4n) is 3.71. The van der Waals surface area contributed by atoms with Gasteiger partial charge < -0.3 is 10.2 Å². The van der Waals surface area contributed by atoms with Crippen molar-refractivity contribution in [3.05, 3.63) is 63.4 Å². The number of amides is 4. The first-order chi connectivity index (χ1) is 15.2. The number of nitrogens with zero attached hydrogens (tertiary/aromatic N) is 2. The number of rotatable bonds is 5. The quantitative estimate of drug-likeness (QED) is 0.603. The average Bonchev–Trinajstić information content (AvgIpc) is 3.08. The van der Waals surface area contributed by atoms with E-state index in [0.29, 0.717) is 21.2 Å². The van der Waals surface area contributed by atoms with Gasteiger partial charge in [0.2, 0.25) is 11.8 Å². The molecule has 1 atom stereocenters. The van der Waals surface area contributed by atoms with Crippen LogP contribution in [0.1, 0.15) is 40.0 Å². The molecule has 1 fully saturated rings. The lowest BCUT2D eigenvalue weighted by atomic mass is 10.0. The molecule has 2 aromatic rings. The summed E-state index contributed by atoms with van der Waals surface area (Å²) in [6, 6.07) is 6.42. The van der Waals surface area contributed by atoms with Gasteiger partial charge >= 0.3 is 5.92 Å². The number of halogens is 3. The number of carbonyl (C=O) groups is 4. The van der Waals surface area contributed by atoms with E-state index in [1.165, 1.54) is 17.2 Å². The maximum atomic E-state index is 14.4. The number of benzene rings is 1. The summed E-state index contributed by atoms with van der Waals surface area (Å²) in [5.74, 6) is -6.52. The SMILES string of the molecule is O=C1CCC(N2Cc3cc(CNC(=O)C(F)(F)c4ccc(Br)cn4)ccc3C2=O)C(=O)N1. The number of aromatic nitrogens is 1. The molecule has 2 aliphatic heterocycles. The predicted molar refractivity (Wildman–Crippen MR) is 110 cm³/mol. The van der Waals surface area contributed by atoms with Crippen molar-refractivity contribution in [2.75, 3.05) is 0 Å². The van der Waals surface area contributed by atoms with Gasteiger partial charge in [0.05, 0.1) is 0 Å². The lowest BCUT2D eigenvalue weighted by Crippen LogP contribution is -2.52. The van der Waals surface area contributed by atoms with Crippen LogP contribution in [0.4, 0.5) is 8.78 Å². The summed E-state index contributed by atoms with van der Waals surface area (Å²) in [6.07, 6.45) is 1.57. The molecule has 166 valence electrons. The third-order valence-corrected chi connectivity index (χ3v) is 5.84. The lowest BCUT2D eigenvalue weighted by molar-refractivity contribution is -0.147. The molecule has 4 rings (SSSR count). The number of fused-ring (bicyclic) bond motifs is 1. The number of hydrogen-bond acceptors (Lipinski definition) is 5. The molecule has 0 bridgehead atoms. The molecule has 8 nitrogen and oxygen atoms in total. The van der Waals surface area contributed by atoms with Gasteiger partial charge in [-0.1, -0.05) is 12.1 Å². The Morgan fingerprint density at radius 1 is 1.25 bits per heavy atom. The van der Waals surface area contributed by atoms with Gasteiger partial charge in [-0.25, -0.2) is 0 Å². The monoisotopic (exact) mass is 506 g/mol. The molecule has 2 aliphatic rings. The Balaban J connectivity index is 1.43. The summed E-state index contributed by atoms with van der Waals surface area (Å²) < 4.78 is 29.3. The van der Waals surface area contributed by atoms with E-state index in [1.54, 1.807) is 18.2 Å². The van der Waals surface area contributed by atoms with Crippen LogP contribution in [-0.4, -0.2) is 39.6 Å². The number of alkyl halides is 2. The molecule has 0 spiro atoms. The van der Waals surface area contributed by atoms with Gasteiger partial charge in [0.1, 0.15) is 11.7 Å². The van der Waals surface area contributed by atoms with Gasteiger partial charge in [-0.15, -0.1) is 0 Å². The van der Waals surface area contributed by atoms with Crippen LogP contribution in [0.25, 0.3) is 0 Å². The normalized spacial score (nSPS) is 18.4. The zero-order valence-corrected chi connectivity index (χ0v) is 18.1. The van der Waals surface area contributed by atoms with Crippen molar-refractivity contribution in [2.45, 2.75) is 37.9 Å². The summed E-state index contributed by atoms with van der Waals surface area (Å²) in [5.41, 5.74) is 0.870. The van der Waals surface area contributed by atoms with Gasteiger partial charge in [0.25, 0.3) is 11.8 Å². The zero-order valence-electron chi connectivity index (χ0n) is 16.5. The van der Waals surface area contributed by atoms with Crippen molar-refractivity contribution in [2.24, 2.45) is 0 Å². The fourth-order valence-corrected chi connectivity index (χ4v) is 3.94. The first kappa shape index (κ1) is 22.0. The van der Waals surface area contributed by atoms with Crippen molar-refractivity contribution in [3.63, 3.8) is 0 Å². The maximum Gasteiger partial charge on any atom is 0.366 e. The third-order valence-electron chi connectivity index (χ3n) is 5.38. The Labute approximate surface area is 189 Å². The standard InChI is InChI=1S/C21H17BrF2N4O4/c22-13-2-5-16(25-9-13)21(23,24)20(32)26-8-11-1-3-14-12(7-11)10-28(19(14)31)15-4-6-17(29)27-18(15)30/h1-3,5,7,9,15H,4,6,8,10H2,(H,26,32)(H,27,29,30). The molecular formula is C21H17BrF2N4O4. The summed E-state index contributed by atoms with van der Waals surface area (Å²) in [6.45, 7) is -0.0218. The Morgan fingerprint density at radius 2 is 2.03 bits per heavy atom. The molecule has 1 unspecified atom stereocenters. The van der Waals surface area contributed by atoms with Crippen molar-refractivity contribution in [1.82, 2.24) is 20.5 Å². The van der Waals surface area contributed by atoms with E-state index in [0.717, 1.165) is 6.07 Å². The zero-order chi connectivity index (χ0) is 23.0. The van der Waals surface area contributed by atoms with Gasteiger partial charge in [0, 0.05) is 35.7 Å². The van der Waals surface area contributed by atoms with E-state index in [4.69, 9.17) is 0 Å². The van der Waals surface area contributed by atoms with E-state index in [2.05, 4.69) is 31.5 Å². The van der Waals surface area contributed by atoms with Gasteiger partial charge in [0.15, 0.2) is 0 Å². The van der Waals surface area contributed by atoms with Crippen LogP contribution in [0, 0.1) is 0 Å². The minimum Gasteiger partial charge on any atom is -0.346 e. The Bertz CT molecular complexity index is 1120. The van der Waals surface area contributed by atoms with E-state index in [-0.39, 0.29) is 37.7 Å². The van der Waals surface area contributed by atoms with Gasteiger partial charge in [-0.05, 0) is 51.7 Å². The van der Waals surface area contributed by atoms with Crippen LogP contribution in [0.3, 0.4) is 0 Å². The number of imide groups is 1. The molecule has 0 radical (unpaired) electrons. The topological polar surface area (TPSA) is 108 Å². The van der Waals surface area contributed by atoms with Crippen LogP contribution in [0.5, 0.6) is 0 Å². The number of piperidine rings is 1. The molecular weight excluding hydrogens is 490 g/mol. The molecule has 0 saturated carbocycles.